The number of benzene rings is 1. The first kappa shape index (κ1) is 16.9. The van der Waals surface area contributed by atoms with Crippen molar-refractivity contribution in [1.29, 1.82) is 0 Å². The maximum atomic E-state index is 12.6. The zero-order valence-electron chi connectivity index (χ0n) is 14.6. The fraction of sp³-hybridized carbons (Fsp3) is 0.333. The van der Waals surface area contributed by atoms with E-state index in [1.54, 1.807) is 11.6 Å². The van der Waals surface area contributed by atoms with Gasteiger partial charge >= 0.3 is 0 Å². The van der Waals surface area contributed by atoms with E-state index in [9.17, 15) is 4.79 Å². The molecule has 25 heavy (non-hydrogen) atoms. The van der Waals surface area contributed by atoms with Crippen LogP contribution in [0.5, 0.6) is 0 Å². The van der Waals surface area contributed by atoms with Gasteiger partial charge in [-0.2, -0.15) is 10.1 Å². The van der Waals surface area contributed by atoms with E-state index in [1.807, 2.05) is 36.4 Å². The van der Waals surface area contributed by atoms with Crippen molar-refractivity contribution in [2.75, 3.05) is 6.54 Å². The standard InChI is InChI=1S/C18H21N5O2/c1-12(2)15-11-16(23(21-15)14-7-5-4-6-8-14)18(24)19-10-9-17-20-13(3)22-25-17/h4-8,11-12H,9-10H2,1-3H3,(H,19,24). The quantitative estimate of drug-likeness (QED) is 0.746. The Morgan fingerprint density at radius 1 is 1.28 bits per heavy atom. The zero-order valence-corrected chi connectivity index (χ0v) is 14.6. The Bertz CT molecular complexity index is 851. The Morgan fingerprint density at radius 3 is 2.68 bits per heavy atom. The summed E-state index contributed by atoms with van der Waals surface area (Å²) in [7, 11) is 0. The van der Waals surface area contributed by atoms with Gasteiger partial charge in [-0.3, -0.25) is 4.79 Å². The number of carbonyl (C=O) groups is 1. The van der Waals surface area contributed by atoms with Gasteiger partial charge in [0.05, 0.1) is 11.4 Å². The zero-order chi connectivity index (χ0) is 17.8. The number of nitrogens with one attached hydrogen (secondary N) is 1. The molecule has 0 aliphatic heterocycles. The van der Waals surface area contributed by atoms with E-state index in [0.717, 1.165) is 11.4 Å². The Labute approximate surface area is 146 Å². The summed E-state index contributed by atoms with van der Waals surface area (Å²) < 4.78 is 6.73. The second kappa shape index (κ2) is 7.29. The van der Waals surface area contributed by atoms with Gasteiger partial charge in [0.1, 0.15) is 5.69 Å². The highest BCUT2D eigenvalue weighted by molar-refractivity contribution is 5.93. The molecule has 130 valence electrons. The van der Waals surface area contributed by atoms with Crippen LogP contribution in [0.2, 0.25) is 0 Å². The van der Waals surface area contributed by atoms with E-state index < -0.39 is 0 Å². The van der Waals surface area contributed by atoms with Gasteiger partial charge in [-0.25, -0.2) is 4.68 Å². The molecule has 7 heteroatoms. The van der Waals surface area contributed by atoms with Crippen molar-refractivity contribution in [3.63, 3.8) is 0 Å². The number of para-hydroxylation sites is 1. The second-order valence-electron chi connectivity index (χ2n) is 6.10. The number of aryl methyl sites for hydroxylation is 1. The van der Waals surface area contributed by atoms with Crippen LogP contribution in [0, 0.1) is 6.92 Å². The van der Waals surface area contributed by atoms with Crippen LogP contribution in [0.3, 0.4) is 0 Å². The molecular weight excluding hydrogens is 318 g/mol. The fourth-order valence-corrected chi connectivity index (χ4v) is 2.42. The van der Waals surface area contributed by atoms with Gasteiger partial charge in [-0.05, 0) is 31.0 Å². The number of amides is 1. The Kier molecular flexibility index (Phi) is 4.92. The molecular formula is C18H21N5O2. The molecule has 0 radical (unpaired) electrons. The number of hydrogen-bond donors (Lipinski definition) is 1. The van der Waals surface area contributed by atoms with Crippen molar-refractivity contribution in [2.24, 2.45) is 0 Å². The smallest absolute Gasteiger partial charge is 0.270 e. The maximum Gasteiger partial charge on any atom is 0.270 e. The van der Waals surface area contributed by atoms with E-state index in [4.69, 9.17) is 4.52 Å². The average Bonchev–Trinajstić information content (AvgIpc) is 3.22. The largest absolute Gasteiger partial charge is 0.350 e. The summed E-state index contributed by atoms with van der Waals surface area (Å²) in [5.74, 6) is 1.15. The third-order valence-electron chi connectivity index (χ3n) is 3.75. The molecule has 7 nitrogen and oxygen atoms in total. The minimum absolute atomic E-state index is 0.181. The van der Waals surface area contributed by atoms with E-state index in [1.165, 1.54) is 0 Å². The number of rotatable bonds is 6. The van der Waals surface area contributed by atoms with E-state index in [-0.39, 0.29) is 11.8 Å². The highest BCUT2D eigenvalue weighted by atomic mass is 16.5. The summed E-state index contributed by atoms with van der Waals surface area (Å²) in [6, 6.07) is 11.5. The molecule has 0 spiro atoms. The van der Waals surface area contributed by atoms with E-state index in [0.29, 0.717) is 30.4 Å². The summed E-state index contributed by atoms with van der Waals surface area (Å²) >= 11 is 0. The minimum atomic E-state index is -0.181. The molecule has 2 heterocycles. The first-order chi connectivity index (χ1) is 12.0. The highest BCUT2D eigenvalue weighted by Gasteiger charge is 2.18. The van der Waals surface area contributed by atoms with Crippen LogP contribution in [-0.4, -0.2) is 32.4 Å². The third-order valence-corrected chi connectivity index (χ3v) is 3.75. The van der Waals surface area contributed by atoms with Gasteiger partial charge < -0.3 is 9.84 Å². The Balaban J connectivity index is 1.76. The summed E-state index contributed by atoms with van der Waals surface area (Å²) in [5, 5.41) is 11.2. The normalized spacial score (nSPS) is 11.0. The first-order valence-electron chi connectivity index (χ1n) is 8.27. The Hall–Kier alpha value is -2.96. The molecule has 1 amide bonds. The van der Waals surface area contributed by atoms with Gasteiger partial charge in [0.2, 0.25) is 5.89 Å². The van der Waals surface area contributed by atoms with Gasteiger partial charge in [0.25, 0.3) is 5.91 Å². The fourth-order valence-electron chi connectivity index (χ4n) is 2.42. The Morgan fingerprint density at radius 2 is 2.04 bits per heavy atom. The van der Waals surface area contributed by atoms with Crippen LogP contribution in [0.25, 0.3) is 5.69 Å². The topological polar surface area (TPSA) is 85.8 Å². The summed E-state index contributed by atoms with van der Waals surface area (Å²) in [4.78, 5) is 16.8. The van der Waals surface area contributed by atoms with E-state index in [2.05, 4.69) is 34.4 Å². The maximum absolute atomic E-state index is 12.6. The van der Waals surface area contributed by atoms with Crippen LogP contribution in [0.15, 0.2) is 40.9 Å². The average molecular weight is 339 g/mol. The SMILES string of the molecule is Cc1noc(CCNC(=O)c2cc(C(C)C)nn2-c2ccccc2)n1. The molecule has 0 aliphatic rings. The molecule has 0 bridgehead atoms. The lowest BCUT2D eigenvalue weighted by Gasteiger charge is -2.07. The van der Waals surface area contributed by atoms with Crippen LogP contribution >= 0.6 is 0 Å². The molecule has 0 saturated carbocycles. The second-order valence-corrected chi connectivity index (χ2v) is 6.10. The molecule has 0 fully saturated rings. The van der Waals surface area contributed by atoms with Crippen molar-refractivity contribution in [3.8, 4) is 5.69 Å². The number of nitrogens with zero attached hydrogens (tertiary/aromatic N) is 4. The van der Waals surface area contributed by atoms with Gasteiger partial charge in [0, 0.05) is 13.0 Å². The lowest BCUT2D eigenvalue weighted by atomic mass is 10.1. The van der Waals surface area contributed by atoms with Crippen LogP contribution in [0.1, 0.15) is 47.7 Å². The number of hydrogen-bond acceptors (Lipinski definition) is 5. The first-order valence-corrected chi connectivity index (χ1v) is 8.27. The molecule has 1 N–H and O–H groups in total. The van der Waals surface area contributed by atoms with Crippen molar-refractivity contribution in [3.05, 3.63) is 59.5 Å². The number of carbonyl (C=O) groups excluding carboxylic acids is 1. The molecule has 0 unspecified atom stereocenters. The van der Waals surface area contributed by atoms with Crippen molar-refractivity contribution >= 4 is 5.91 Å². The third kappa shape index (κ3) is 3.93. The predicted octanol–water partition coefficient (Wildman–Crippen LogP) is 2.66. The van der Waals surface area contributed by atoms with Crippen molar-refractivity contribution in [1.82, 2.24) is 25.2 Å². The molecule has 0 atom stereocenters. The van der Waals surface area contributed by atoms with Crippen molar-refractivity contribution < 1.29 is 9.32 Å². The molecule has 0 saturated heterocycles. The molecule has 1 aromatic carbocycles. The highest BCUT2D eigenvalue weighted by Crippen LogP contribution is 2.18. The number of aromatic nitrogens is 4. The van der Waals surface area contributed by atoms with E-state index >= 15 is 0 Å². The minimum Gasteiger partial charge on any atom is -0.350 e. The van der Waals surface area contributed by atoms with Gasteiger partial charge in [-0.15, -0.1) is 0 Å². The van der Waals surface area contributed by atoms with Crippen LogP contribution in [-0.2, 0) is 6.42 Å². The summed E-state index contributed by atoms with van der Waals surface area (Å²) in [6.45, 7) is 6.28. The van der Waals surface area contributed by atoms with Crippen LogP contribution < -0.4 is 5.32 Å². The summed E-state index contributed by atoms with van der Waals surface area (Å²) in [6.07, 6.45) is 0.489. The lowest BCUT2D eigenvalue weighted by Crippen LogP contribution is -2.27. The summed E-state index contributed by atoms with van der Waals surface area (Å²) in [5.41, 5.74) is 2.24. The van der Waals surface area contributed by atoms with Gasteiger partial charge in [0.15, 0.2) is 5.82 Å². The molecule has 2 aromatic heterocycles. The van der Waals surface area contributed by atoms with Crippen LogP contribution in [0.4, 0.5) is 0 Å². The molecule has 3 aromatic rings. The lowest BCUT2D eigenvalue weighted by molar-refractivity contribution is 0.0945. The monoisotopic (exact) mass is 339 g/mol. The molecule has 3 rings (SSSR count). The molecule has 0 aliphatic carbocycles. The van der Waals surface area contributed by atoms with Gasteiger partial charge in [-0.1, -0.05) is 37.2 Å². The predicted molar refractivity (Wildman–Crippen MR) is 92.7 cm³/mol. The van der Waals surface area contributed by atoms with Crippen molar-refractivity contribution in [2.45, 2.75) is 33.1 Å².